The second kappa shape index (κ2) is 6.03. The molecule has 0 saturated heterocycles. The van der Waals surface area contributed by atoms with Gasteiger partial charge in [-0.1, -0.05) is 49.4 Å². The number of hydrogen-bond donors (Lipinski definition) is 0. The molecule has 24 heavy (non-hydrogen) atoms. The van der Waals surface area contributed by atoms with Gasteiger partial charge in [-0.3, -0.25) is 0 Å². The zero-order chi connectivity index (χ0) is 17.4. The van der Waals surface area contributed by atoms with E-state index in [1.54, 1.807) is 30.3 Å². The van der Waals surface area contributed by atoms with Crippen molar-refractivity contribution < 1.29 is 16.8 Å². The van der Waals surface area contributed by atoms with E-state index in [1.165, 1.54) is 24.3 Å². The van der Waals surface area contributed by atoms with Crippen LogP contribution in [0.2, 0.25) is 0 Å². The van der Waals surface area contributed by atoms with Gasteiger partial charge in [0.05, 0.1) is 9.79 Å². The quantitative estimate of drug-likeness (QED) is 0.667. The van der Waals surface area contributed by atoms with E-state index in [0.717, 1.165) is 17.4 Å². The van der Waals surface area contributed by atoms with E-state index in [9.17, 15) is 16.8 Å². The van der Waals surface area contributed by atoms with Gasteiger partial charge in [-0.2, -0.15) is 0 Å². The van der Waals surface area contributed by atoms with Crippen LogP contribution in [0.1, 0.15) is 12.5 Å². The molecule has 4 nitrogen and oxygen atoms in total. The van der Waals surface area contributed by atoms with Crippen molar-refractivity contribution in [1.29, 1.82) is 0 Å². The van der Waals surface area contributed by atoms with E-state index in [-0.39, 0.29) is 9.79 Å². The van der Waals surface area contributed by atoms with Gasteiger partial charge in [0.2, 0.25) is 0 Å². The Labute approximate surface area is 141 Å². The average molecular weight is 360 g/mol. The third-order valence-electron chi connectivity index (χ3n) is 3.92. The minimum absolute atomic E-state index is 0.215. The summed E-state index contributed by atoms with van der Waals surface area (Å²) >= 11 is 0. The topological polar surface area (TPSA) is 68.3 Å². The summed E-state index contributed by atoms with van der Waals surface area (Å²) in [6, 6.07) is 17.5. The molecule has 0 N–H and O–H groups in total. The van der Waals surface area contributed by atoms with Crippen LogP contribution < -0.4 is 0 Å². The first-order valence-electron chi connectivity index (χ1n) is 7.44. The van der Waals surface area contributed by atoms with Gasteiger partial charge < -0.3 is 0 Å². The molecule has 0 aliphatic rings. The fraction of sp³-hybridized carbons (Fsp3) is 0.111. The number of hydrogen-bond acceptors (Lipinski definition) is 4. The Balaban J connectivity index is 2.13. The van der Waals surface area contributed by atoms with Crippen molar-refractivity contribution >= 4 is 28.5 Å². The van der Waals surface area contributed by atoms with E-state index in [2.05, 4.69) is 0 Å². The molecule has 3 rings (SSSR count). The van der Waals surface area contributed by atoms with Gasteiger partial charge in [0.25, 0.3) is 17.7 Å². The number of aryl methyl sites for hydroxylation is 1. The highest BCUT2D eigenvalue weighted by atomic mass is 33.2. The summed E-state index contributed by atoms with van der Waals surface area (Å²) in [5, 5.41) is 1.52. The second-order valence-corrected chi connectivity index (χ2v) is 10.8. The first-order valence-corrected chi connectivity index (χ1v) is 10.9. The summed E-state index contributed by atoms with van der Waals surface area (Å²) in [6.07, 6.45) is 0.748. The van der Waals surface area contributed by atoms with E-state index in [4.69, 9.17) is 0 Å². The minimum atomic E-state index is -4.53. The number of benzene rings is 3. The zero-order valence-electron chi connectivity index (χ0n) is 13.0. The van der Waals surface area contributed by atoms with Crippen LogP contribution in [-0.4, -0.2) is 16.8 Å². The molecule has 0 heterocycles. The van der Waals surface area contributed by atoms with Crippen LogP contribution in [-0.2, 0) is 24.2 Å². The van der Waals surface area contributed by atoms with Crippen molar-refractivity contribution in [3.05, 3.63) is 72.3 Å². The van der Waals surface area contributed by atoms with Crippen LogP contribution in [0.15, 0.2) is 76.5 Å². The van der Waals surface area contributed by atoms with Gasteiger partial charge in [0.1, 0.15) is 0 Å². The van der Waals surface area contributed by atoms with Gasteiger partial charge >= 0.3 is 0 Å². The fourth-order valence-electron chi connectivity index (χ4n) is 2.47. The second-order valence-electron chi connectivity index (χ2n) is 5.41. The van der Waals surface area contributed by atoms with Crippen molar-refractivity contribution in [2.24, 2.45) is 0 Å². The SMILES string of the molecule is CCc1ccc(S(=O)(=O)S(=O)(=O)c2ccc3ccccc3c2)cc1. The van der Waals surface area contributed by atoms with Gasteiger partial charge in [-0.05, 0) is 47.0 Å². The normalized spacial score (nSPS) is 12.4. The monoisotopic (exact) mass is 360 g/mol. The van der Waals surface area contributed by atoms with E-state index in [1.807, 2.05) is 19.1 Å². The first-order chi connectivity index (χ1) is 11.4. The molecular formula is C18H16O4S2. The zero-order valence-corrected chi connectivity index (χ0v) is 14.6. The Kier molecular flexibility index (Phi) is 4.19. The van der Waals surface area contributed by atoms with Crippen molar-refractivity contribution in [1.82, 2.24) is 0 Å². The van der Waals surface area contributed by atoms with Crippen LogP contribution in [0.4, 0.5) is 0 Å². The Morgan fingerprint density at radius 2 is 1.21 bits per heavy atom. The molecule has 3 aromatic carbocycles. The largest absolute Gasteiger partial charge is 0.286 e. The molecule has 6 heteroatoms. The number of fused-ring (bicyclic) bond motifs is 1. The summed E-state index contributed by atoms with van der Waals surface area (Å²) < 4.78 is 50.5. The minimum Gasteiger partial charge on any atom is -0.207 e. The van der Waals surface area contributed by atoms with Gasteiger partial charge in [-0.15, -0.1) is 0 Å². The highest BCUT2D eigenvalue weighted by Gasteiger charge is 2.33. The average Bonchev–Trinajstić information content (AvgIpc) is 2.61. The predicted molar refractivity (Wildman–Crippen MR) is 94.1 cm³/mol. The molecule has 0 aliphatic heterocycles. The van der Waals surface area contributed by atoms with Crippen LogP contribution in [0.3, 0.4) is 0 Å². The molecule has 0 radical (unpaired) electrons. The molecule has 0 aliphatic carbocycles. The third-order valence-corrected chi connectivity index (χ3v) is 9.07. The maximum absolute atomic E-state index is 12.7. The predicted octanol–water partition coefficient (Wildman–Crippen LogP) is 3.56. The lowest BCUT2D eigenvalue weighted by atomic mass is 10.1. The lowest BCUT2D eigenvalue weighted by Gasteiger charge is -2.08. The van der Waals surface area contributed by atoms with Crippen molar-refractivity contribution in [3.63, 3.8) is 0 Å². The summed E-state index contributed by atoms with van der Waals surface area (Å²) in [5.41, 5.74) is 0.942. The molecule has 0 bridgehead atoms. The molecule has 3 aromatic rings. The Bertz CT molecular complexity index is 1100. The van der Waals surface area contributed by atoms with Crippen LogP contribution in [0, 0.1) is 0 Å². The van der Waals surface area contributed by atoms with Gasteiger partial charge in [-0.25, -0.2) is 16.8 Å². The molecule has 0 unspecified atom stereocenters. The Morgan fingerprint density at radius 3 is 1.83 bits per heavy atom. The molecular weight excluding hydrogens is 344 g/mol. The van der Waals surface area contributed by atoms with E-state index in [0.29, 0.717) is 5.39 Å². The molecule has 0 spiro atoms. The van der Waals surface area contributed by atoms with Crippen LogP contribution >= 0.6 is 0 Å². The van der Waals surface area contributed by atoms with E-state index < -0.39 is 17.7 Å². The smallest absolute Gasteiger partial charge is 0.207 e. The third kappa shape index (κ3) is 2.72. The van der Waals surface area contributed by atoms with E-state index >= 15 is 0 Å². The first kappa shape index (κ1) is 16.7. The van der Waals surface area contributed by atoms with Crippen LogP contribution in [0.5, 0.6) is 0 Å². The lowest BCUT2D eigenvalue weighted by Crippen LogP contribution is -2.16. The maximum atomic E-state index is 12.7. The lowest BCUT2D eigenvalue weighted by molar-refractivity contribution is 0.582. The fourth-order valence-corrected chi connectivity index (χ4v) is 6.11. The summed E-state index contributed by atoms with van der Waals surface area (Å²) in [5.74, 6) is 0. The molecule has 0 fully saturated rings. The molecule has 0 amide bonds. The van der Waals surface area contributed by atoms with Crippen molar-refractivity contribution in [2.45, 2.75) is 23.1 Å². The summed E-state index contributed by atoms with van der Waals surface area (Å²) in [7, 11) is -9.04. The molecule has 0 atom stereocenters. The number of rotatable bonds is 4. The van der Waals surface area contributed by atoms with Crippen LogP contribution in [0.25, 0.3) is 10.8 Å². The molecule has 0 saturated carbocycles. The highest BCUT2D eigenvalue weighted by Crippen LogP contribution is 2.27. The summed E-state index contributed by atoms with van der Waals surface area (Å²) in [4.78, 5) is -0.436. The Hall–Kier alpha value is -2.18. The maximum Gasteiger partial charge on any atom is 0.286 e. The standard InChI is InChI=1S/C18H16O4S2/c1-2-14-7-10-17(11-8-14)23(19,20)24(21,22)18-12-9-15-5-3-4-6-16(15)13-18/h3-13H,2H2,1H3. The summed E-state index contributed by atoms with van der Waals surface area (Å²) in [6.45, 7) is 1.94. The Morgan fingerprint density at radius 1 is 0.667 bits per heavy atom. The molecule has 0 aromatic heterocycles. The van der Waals surface area contributed by atoms with Crippen molar-refractivity contribution in [3.8, 4) is 0 Å². The molecule has 124 valence electrons. The highest BCUT2D eigenvalue weighted by molar-refractivity contribution is 8.67. The van der Waals surface area contributed by atoms with Gasteiger partial charge in [0.15, 0.2) is 0 Å². The van der Waals surface area contributed by atoms with Crippen molar-refractivity contribution in [2.75, 3.05) is 0 Å². The van der Waals surface area contributed by atoms with Gasteiger partial charge in [0, 0.05) is 0 Å².